The van der Waals surface area contributed by atoms with Gasteiger partial charge in [-0.25, -0.2) is 9.78 Å². The fourth-order valence-corrected chi connectivity index (χ4v) is 1.29. The predicted octanol–water partition coefficient (Wildman–Crippen LogP) is 1.27. The van der Waals surface area contributed by atoms with E-state index in [0.29, 0.717) is 6.10 Å². The van der Waals surface area contributed by atoms with Crippen LogP contribution in [0.1, 0.15) is 26.7 Å². The fourth-order valence-electron chi connectivity index (χ4n) is 1.29. The number of epoxide rings is 1. The molecule has 3 heteroatoms. The van der Waals surface area contributed by atoms with Crippen molar-refractivity contribution in [3.05, 3.63) is 0 Å². The SMILES string of the molecule is CC1(C)CC[C@@H](C2CO2)OO1. The van der Waals surface area contributed by atoms with Crippen molar-refractivity contribution >= 4 is 0 Å². The summed E-state index contributed by atoms with van der Waals surface area (Å²) < 4.78 is 5.11. The Morgan fingerprint density at radius 2 is 2.00 bits per heavy atom. The molecule has 11 heavy (non-hydrogen) atoms. The zero-order valence-corrected chi connectivity index (χ0v) is 7.00. The largest absolute Gasteiger partial charge is 0.370 e. The summed E-state index contributed by atoms with van der Waals surface area (Å²) in [4.78, 5) is 10.4. The molecule has 0 bridgehead atoms. The van der Waals surface area contributed by atoms with Gasteiger partial charge < -0.3 is 4.74 Å². The topological polar surface area (TPSA) is 31.0 Å². The molecule has 0 aromatic rings. The first-order chi connectivity index (χ1) is 5.17. The molecule has 2 saturated heterocycles. The van der Waals surface area contributed by atoms with Crippen molar-refractivity contribution in [2.75, 3.05) is 6.61 Å². The first-order valence-corrected chi connectivity index (χ1v) is 4.13. The molecule has 0 saturated carbocycles. The van der Waals surface area contributed by atoms with Gasteiger partial charge in [0.15, 0.2) is 0 Å². The minimum atomic E-state index is -0.106. The summed E-state index contributed by atoms with van der Waals surface area (Å²) in [5, 5.41) is 0. The highest BCUT2D eigenvalue weighted by Crippen LogP contribution is 2.31. The standard InChI is InChI=1S/C8H14O3/c1-8(2)4-3-6(10-11-8)7-5-9-7/h6-7H,3-5H2,1-2H3/t6-,7?/m0/s1. The van der Waals surface area contributed by atoms with Gasteiger partial charge in [0.25, 0.3) is 0 Å². The molecule has 1 unspecified atom stereocenters. The lowest BCUT2D eigenvalue weighted by Gasteiger charge is -2.32. The Kier molecular flexibility index (Phi) is 1.67. The van der Waals surface area contributed by atoms with Crippen molar-refractivity contribution in [2.45, 2.75) is 44.5 Å². The van der Waals surface area contributed by atoms with E-state index in [1.54, 1.807) is 0 Å². The van der Waals surface area contributed by atoms with Crippen LogP contribution in [0.4, 0.5) is 0 Å². The summed E-state index contributed by atoms with van der Waals surface area (Å²) in [5.41, 5.74) is -0.106. The lowest BCUT2D eigenvalue weighted by molar-refractivity contribution is -0.402. The summed E-state index contributed by atoms with van der Waals surface area (Å²) in [6.07, 6.45) is 2.60. The second kappa shape index (κ2) is 2.44. The Bertz CT molecular complexity index is 141. The molecule has 2 aliphatic rings. The number of hydrogen-bond donors (Lipinski definition) is 0. The lowest BCUT2D eigenvalue weighted by atomic mass is 9.98. The monoisotopic (exact) mass is 158 g/mol. The van der Waals surface area contributed by atoms with Crippen LogP contribution in [0.25, 0.3) is 0 Å². The average molecular weight is 158 g/mol. The van der Waals surface area contributed by atoms with Gasteiger partial charge in [0.1, 0.15) is 12.2 Å². The minimum Gasteiger partial charge on any atom is -0.370 e. The zero-order chi connectivity index (χ0) is 7.90. The number of ether oxygens (including phenoxy) is 1. The van der Waals surface area contributed by atoms with Crippen LogP contribution in [0, 0.1) is 0 Å². The van der Waals surface area contributed by atoms with Gasteiger partial charge in [-0.15, -0.1) is 0 Å². The highest BCUT2D eigenvalue weighted by molar-refractivity contribution is 4.83. The fraction of sp³-hybridized carbons (Fsp3) is 1.00. The lowest BCUT2D eigenvalue weighted by Crippen LogP contribution is -2.37. The maximum Gasteiger partial charge on any atom is 0.121 e. The van der Waals surface area contributed by atoms with Gasteiger partial charge in [0, 0.05) is 0 Å². The van der Waals surface area contributed by atoms with E-state index in [0.717, 1.165) is 19.4 Å². The Morgan fingerprint density at radius 3 is 2.45 bits per heavy atom. The van der Waals surface area contributed by atoms with Crippen LogP contribution in [-0.2, 0) is 14.5 Å². The summed E-state index contributed by atoms with van der Waals surface area (Å²) in [7, 11) is 0. The maximum atomic E-state index is 5.20. The van der Waals surface area contributed by atoms with E-state index in [1.165, 1.54) is 0 Å². The van der Waals surface area contributed by atoms with Crippen molar-refractivity contribution < 1.29 is 14.5 Å². The van der Waals surface area contributed by atoms with Crippen LogP contribution < -0.4 is 0 Å². The molecular weight excluding hydrogens is 144 g/mol. The summed E-state index contributed by atoms with van der Waals surface area (Å²) in [6.45, 7) is 4.92. The first kappa shape index (κ1) is 7.53. The van der Waals surface area contributed by atoms with Crippen molar-refractivity contribution in [3.63, 3.8) is 0 Å². The van der Waals surface area contributed by atoms with E-state index in [9.17, 15) is 0 Å². The van der Waals surface area contributed by atoms with E-state index < -0.39 is 0 Å². The molecule has 0 spiro atoms. The Balaban J connectivity index is 1.84. The van der Waals surface area contributed by atoms with E-state index in [-0.39, 0.29) is 11.7 Å². The predicted molar refractivity (Wildman–Crippen MR) is 39.0 cm³/mol. The van der Waals surface area contributed by atoms with E-state index in [1.807, 2.05) is 13.8 Å². The van der Waals surface area contributed by atoms with Crippen molar-refractivity contribution in [3.8, 4) is 0 Å². The number of hydrogen-bond acceptors (Lipinski definition) is 3. The minimum absolute atomic E-state index is 0.106. The molecule has 0 aromatic carbocycles. The highest BCUT2D eigenvalue weighted by Gasteiger charge is 2.39. The normalized spacial score (nSPS) is 42.0. The van der Waals surface area contributed by atoms with E-state index in [2.05, 4.69) is 0 Å². The molecule has 2 heterocycles. The van der Waals surface area contributed by atoms with Crippen LogP contribution in [0.2, 0.25) is 0 Å². The molecule has 2 fully saturated rings. The molecule has 0 aromatic heterocycles. The second-order valence-electron chi connectivity index (χ2n) is 3.89. The van der Waals surface area contributed by atoms with Crippen LogP contribution in [0.5, 0.6) is 0 Å². The van der Waals surface area contributed by atoms with Gasteiger partial charge in [-0.3, -0.25) is 0 Å². The van der Waals surface area contributed by atoms with Crippen LogP contribution in [-0.4, -0.2) is 24.4 Å². The second-order valence-corrected chi connectivity index (χ2v) is 3.89. The number of rotatable bonds is 1. The van der Waals surface area contributed by atoms with Crippen LogP contribution in [0.3, 0.4) is 0 Å². The van der Waals surface area contributed by atoms with E-state index in [4.69, 9.17) is 14.5 Å². The van der Waals surface area contributed by atoms with Crippen molar-refractivity contribution in [1.29, 1.82) is 0 Å². The van der Waals surface area contributed by atoms with Crippen molar-refractivity contribution in [2.24, 2.45) is 0 Å². The summed E-state index contributed by atoms with van der Waals surface area (Å²) in [5.74, 6) is 0. The molecule has 0 aliphatic carbocycles. The quantitative estimate of drug-likeness (QED) is 0.425. The zero-order valence-electron chi connectivity index (χ0n) is 7.00. The Morgan fingerprint density at radius 1 is 1.27 bits per heavy atom. The van der Waals surface area contributed by atoms with Gasteiger partial charge >= 0.3 is 0 Å². The molecular formula is C8H14O3. The molecule has 0 N–H and O–H groups in total. The van der Waals surface area contributed by atoms with Gasteiger partial charge in [-0.2, -0.15) is 0 Å². The molecule has 2 atom stereocenters. The van der Waals surface area contributed by atoms with Gasteiger partial charge in [-0.05, 0) is 26.7 Å². The Labute approximate surface area is 66.6 Å². The summed E-state index contributed by atoms with van der Waals surface area (Å²) in [6, 6.07) is 0. The maximum absolute atomic E-state index is 5.20. The van der Waals surface area contributed by atoms with Gasteiger partial charge in [0.2, 0.25) is 0 Å². The van der Waals surface area contributed by atoms with Gasteiger partial charge in [-0.1, -0.05) is 0 Å². The third-order valence-corrected chi connectivity index (χ3v) is 2.20. The molecule has 2 aliphatic heterocycles. The third kappa shape index (κ3) is 1.72. The van der Waals surface area contributed by atoms with Crippen LogP contribution >= 0.6 is 0 Å². The smallest absolute Gasteiger partial charge is 0.121 e. The highest BCUT2D eigenvalue weighted by atomic mass is 17.2. The molecule has 0 amide bonds. The average Bonchev–Trinajstić information content (AvgIpc) is 2.70. The third-order valence-electron chi connectivity index (χ3n) is 2.20. The molecule has 0 radical (unpaired) electrons. The first-order valence-electron chi connectivity index (χ1n) is 4.13. The van der Waals surface area contributed by atoms with Crippen LogP contribution in [0.15, 0.2) is 0 Å². The van der Waals surface area contributed by atoms with Crippen molar-refractivity contribution in [1.82, 2.24) is 0 Å². The van der Waals surface area contributed by atoms with Gasteiger partial charge in [0.05, 0.1) is 12.2 Å². The molecule has 2 rings (SSSR count). The summed E-state index contributed by atoms with van der Waals surface area (Å²) >= 11 is 0. The Hall–Kier alpha value is -0.120. The molecule has 64 valence electrons. The molecule has 3 nitrogen and oxygen atoms in total. The van der Waals surface area contributed by atoms with E-state index >= 15 is 0 Å².